The van der Waals surface area contributed by atoms with Crippen LogP contribution in [0.2, 0.25) is 5.02 Å². The van der Waals surface area contributed by atoms with E-state index in [1.54, 1.807) is 6.92 Å². The van der Waals surface area contributed by atoms with Gasteiger partial charge in [-0.05, 0) is 30.2 Å². The number of aromatic amines is 1. The molecule has 0 aliphatic heterocycles. The number of rotatable bonds is 6. The number of carbonyl (C=O) groups excluding carboxylic acids is 2. The van der Waals surface area contributed by atoms with E-state index in [0.29, 0.717) is 11.6 Å². The Hall–Kier alpha value is -2.79. The lowest BCUT2D eigenvalue weighted by atomic mass is 9.90. The van der Waals surface area contributed by atoms with Gasteiger partial charge in [-0.15, -0.1) is 0 Å². The average molecular weight is 426 g/mol. The molecule has 1 aromatic heterocycles. The lowest BCUT2D eigenvalue weighted by molar-refractivity contribution is -0.133. The van der Waals surface area contributed by atoms with Gasteiger partial charge in [0.25, 0.3) is 0 Å². The maximum Gasteiger partial charge on any atom is 0.242 e. The molecule has 5 nitrogen and oxygen atoms in total. The van der Waals surface area contributed by atoms with E-state index in [4.69, 9.17) is 11.6 Å². The minimum Gasteiger partial charge on any atom is -0.361 e. The zero-order valence-corrected chi connectivity index (χ0v) is 18.5. The second-order valence-corrected chi connectivity index (χ2v) is 8.96. The van der Waals surface area contributed by atoms with Crippen molar-refractivity contribution in [3.05, 3.63) is 70.9 Å². The lowest BCUT2D eigenvalue weighted by Gasteiger charge is -2.23. The Labute approximate surface area is 182 Å². The van der Waals surface area contributed by atoms with Crippen molar-refractivity contribution in [2.24, 2.45) is 5.41 Å². The maximum absolute atomic E-state index is 12.7. The molecular formula is C24H28ClN3O2. The molecule has 0 spiro atoms. The second kappa shape index (κ2) is 8.92. The van der Waals surface area contributed by atoms with Crippen LogP contribution in [0.3, 0.4) is 0 Å². The van der Waals surface area contributed by atoms with Crippen molar-refractivity contribution in [1.82, 2.24) is 15.6 Å². The number of amides is 2. The van der Waals surface area contributed by atoms with Crippen molar-refractivity contribution in [3.8, 4) is 0 Å². The summed E-state index contributed by atoms with van der Waals surface area (Å²) in [5, 5.41) is 7.51. The molecule has 0 aliphatic rings. The fraction of sp³-hybridized carbons (Fsp3) is 0.333. The van der Waals surface area contributed by atoms with Crippen molar-refractivity contribution < 1.29 is 9.59 Å². The van der Waals surface area contributed by atoms with Crippen molar-refractivity contribution in [2.75, 3.05) is 6.54 Å². The third-order valence-corrected chi connectivity index (χ3v) is 5.52. The fourth-order valence-electron chi connectivity index (χ4n) is 3.36. The largest absolute Gasteiger partial charge is 0.361 e. The molecule has 158 valence electrons. The normalized spacial score (nSPS) is 13.6. The van der Waals surface area contributed by atoms with E-state index in [1.165, 1.54) is 0 Å². The number of hydrogen-bond donors (Lipinski definition) is 3. The first-order valence-electron chi connectivity index (χ1n) is 10.1. The summed E-state index contributed by atoms with van der Waals surface area (Å²) in [6.07, 6.45) is 1.97. The van der Waals surface area contributed by atoms with Crippen LogP contribution in [0.15, 0.2) is 54.7 Å². The number of benzene rings is 2. The number of H-pyrrole nitrogens is 1. The monoisotopic (exact) mass is 425 g/mol. The number of hydrogen-bond acceptors (Lipinski definition) is 2. The van der Waals surface area contributed by atoms with Gasteiger partial charge in [0.15, 0.2) is 0 Å². The average Bonchev–Trinajstić information content (AvgIpc) is 3.12. The summed E-state index contributed by atoms with van der Waals surface area (Å²) in [5.74, 6) is -0.529. The summed E-state index contributed by atoms with van der Waals surface area (Å²) in [6, 6.07) is 15.1. The molecule has 3 aromatic rings. The molecule has 6 heteroatoms. The predicted molar refractivity (Wildman–Crippen MR) is 122 cm³/mol. The Morgan fingerprint density at radius 3 is 2.40 bits per heavy atom. The number of halogens is 1. The molecule has 1 heterocycles. The van der Waals surface area contributed by atoms with E-state index in [-0.39, 0.29) is 17.7 Å². The van der Waals surface area contributed by atoms with Crippen LogP contribution in [-0.4, -0.2) is 29.4 Å². The summed E-state index contributed by atoms with van der Waals surface area (Å²) in [6.45, 7) is 7.50. The summed E-state index contributed by atoms with van der Waals surface area (Å²) in [5.41, 5.74) is 2.47. The molecule has 2 aromatic carbocycles. The van der Waals surface area contributed by atoms with Crippen LogP contribution in [-0.2, 0) is 9.59 Å². The number of nitrogens with one attached hydrogen (secondary N) is 3. The van der Waals surface area contributed by atoms with E-state index in [9.17, 15) is 9.59 Å². The maximum atomic E-state index is 12.7. The van der Waals surface area contributed by atoms with Gasteiger partial charge in [-0.3, -0.25) is 9.59 Å². The van der Waals surface area contributed by atoms with Gasteiger partial charge in [0.1, 0.15) is 6.04 Å². The third kappa shape index (κ3) is 4.85. The summed E-state index contributed by atoms with van der Waals surface area (Å²) >= 11 is 6.50. The van der Waals surface area contributed by atoms with Crippen LogP contribution in [0.25, 0.3) is 10.9 Å². The molecule has 0 radical (unpaired) electrons. The molecule has 2 amide bonds. The van der Waals surface area contributed by atoms with Gasteiger partial charge in [-0.25, -0.2) is 0 Å². The van der Waals surface area contributed by atoms with Crippen LogP contribution < -0.4 is 10.6 Å². The Morgan fingerprint density at radius 1 is 1.03 bits per heavy atom. The SMILES string of the molecule is CC(NC(=O)C(C)(C)C)C(=O)NCC(c1ccccc1Cl)c1c[nH]c2ccccc12. The van der Waals surface area contributed by atoms with Gasteiger partial charge in [-0.2, -0.15) is 0 Å². The highest BCUT2D eigenvalue weighted by Gasteiger charge is 2.26. The molecule has 2 atom stereocenters. The molecule has 0 saturated heterocycles. The predicted octanol–water partition coefficient (Wildman–Crippen LogP) is 4.62. The van der Waals surface area contributed by atoms with Crippen LogP contribution in [0.5, 0.6) is 0 Å². The topological polar surface area (TPSA) is 74.0 Å². The molecule has 3 rings (SSSR count). The van der Waals surface area contributed by atoms with E-state index in [0.717, 1.165) is 22.0 Å². The van der Waals surface area contributed by atoms with Crippen LogP contribution in [0, 0.1) is 5.41 Å². The number of aromatic nitrogens is 1. The zero-order valence-electron chi connectivity index (χ0n) is 17.8. The molecule has 30 heavy (non-hydrogen) atoms. The quantitative estimate of drug-likeness (QED) is 0.539. The summed E-state index contributed by atoms with van der Waals surface area (Å²) in [4.78, 5) is 28.2. The summed E-state index contributed by atoms with van der Waals surface area (Å²) in [7, 11) is 0. The second-order valence-electron chi connectivity index (χ2n) is 8.55. The minimum absolute atomic E-state index is 0.135. The smallest absolute Gasteiger partial charge is 0.242 e. The zero-order chi connectivity index (χ0) is 21.9. The molecule has 0 aliphatic carbocycles. The molecule has 0 fully saturated rings. The molecule has 0 bridgehead atoms. The highest BCUT2D eigenvalue weighted by atomic mass is 35.5. The Balaban J connectivity index is 1.83. The van der Waals surface area contributed by atoms with Gasteiger partial charge >= 0.3 is 0 Å². The van der Waals surface area contributed by atoms with E-state index in [2.05, 4.69) is 21.7 Å². The lowest BCUT2D eigenvalue weighted by Crippen LogP contribution is -2.48. The first kappa shape index (κ1) is 21.9. The summed E-state index contributed by atoms with van der Waals surface area (Å²) < 4.78 is 0. The highest BCUT2D eigenvalue weighted by Crippen LogP contribution is 2.34. The first-order chi connectivity index (χ1) is 14.2. The van der Waals surface area contributed by atoms with E-state index in [1.807, 2.05) is 69.4 Å². The van der Waals surface area contributed by atoms with Crippen LogP contribution >= 0.6 is 11.6 Å². The van der Waals surface area contributed by atoms with Gasteiger partial charge < -0.3 is 15.6 Å². The van der Waals surface area contributed by atoms with E-state index < -0.39 is 11.5 Å². The Kier molecular flexibility index (Phi) is 6.52. The Morgan fingerprint density at radius 2 is 1.70 bits per heavy atom. The van der Waals surface area contributed by atoms with Gasteiger partial charge in [0, 0.05) is 40.0 Å². The molecule has 3 N–H and O–H groups in total. The molecular weight excluding hydrogens is 398 g/mol. The molecule has 2 unspecified atom stereocenters. The van der Waals surface area contributed by atoms with Crippen molar-refractivity contribution in [1.29, 1.82) is 0 Å². The van der Waals surface area contributed by atoms with Gasteiger partial charge in [-0.1, -0.05) is 68.8 Å². The van der Waals surface area contributed by atoms with Crippen LogP contribution in [0.4, 0.5) is 0 Å². The number of fused-ring (bicyclic) bond motifs is 1. The highest BCUT2D eigenvalue weighted by molar-refractivity contribution is 6.31. The molecule has 0 saturated carbocycles. The number of carbonyl (C=O) groups is 2. The first-order valence-corrected chi connectivity index (χ1v) is 10.5. The van der Waals surface area contributed by atoms with E-state index >= 15 is 0 Å². The Bertz CT molecular complexity index is 1050. The number of para-hydroxylation sites is 1. The van der Waals surface area contributed by atoms with Gasteiger partial charge in [0.05, 0.1) is 0 Å². The van der Waals surface area contributed by atoms with Crippen LogP contribution in [0.1, 0.15) is 44.7 Å². The fourth-order valence-corrected chi connectivity index (χ4v) is 3.63. The van der Waals surface area contributed by atoms with Gasteiger partial charge in [0.2, 0.25) is 11.8 Å². The van der Waals surface area contributed by atoms with Crippen molar-refractivity contribution in [3.63, 3.8) is 0 Å². The minimum atomic E-state index is -0.633. The third-order valence-electron chi connectivity index (χ3n) is 5.18. The van der Waals surface area contributed by atoms with Crippen molar-refractivity contribution >= 4 is 34.3 Å². The standard InChI is InChI=1S/C24H28ClN3O2/c1-15(28-23(30)24(2,3)4)22(29)27-14-18(16-9-5-7-11-20(16)25)19-13-26-21-12-8-6-10-17(19)21/h5-13,15,18,26H,14H2,1-4H3,(H,27,29)(H,28,30). The van der Waals surface area contributed by atoms with Crippen molar-refractivity contribution in [2.45, 2.75) is 39.7 Å².